The van der Waals surface area contributed by atoms with Crippen LogP contribution in [0.25, 0.3) is 11.4 Å². The minimum atomic E-state index is -3.36. The number of hydrogen-bond acceptors (Lipinski definition) is 6. The number of benzene rings is 1. The number of halogens is 1. The van der Waals surface area contributed by atoms with Gasteiger partial charge in [-0.3, -0.25) is 0 Å². The van der Waals surface area contributed by atoms with E-state index in [0.717, 1.165) is 0 Å². The van der Waals surface area contributed by atoms with E-state index < -0.39 is 9.84 Å². The zero-order chi connectivity index (χ0) is 14.6. The average molecular weight is 317 g/mol. The summed E-state index contributed by atoms with van der Waals surface area (Å²) in [6.07, 6.45) is 0.192. The van der Waals surface area contributed by atoms with E-state index in [0.29, 0.717) is 16.4 Å². The number of aromatic nitrogens is 2. The molecule has 8 heteroatoms. The molecule has 1 N–H and O–H groups in total. The lowest BCUT2D eigenvalue weighted by Crippen LogP contribution is -2.10. The van der Waals surface area contributed by atoms with E-state index in [9.17, 15) is 8.42 Å². The topological polar surface area (TPSA) is 93.3 Å². The largest absolute Gasteiger partial charge is 0.396 e. The quantitative estimate of drug-likeness (QED) is 0.871. The fraction of sp³-hybridized carbons (Fsp3) is 0.333. The van der Waals surface area contributed by atoms with Crippen LogP contribution in [-0.4, -0.2) is 36.0 Å². The first-order valence-electron chi connectivity index (χ1n) is 5.90. The molecule has 0 atom stereocenters. The second-order valence-corrected chi connectivity index (χ2v) is 6.81. The lowest BCUT2D eigenvalue weighted by atomic mass is 10.2. The number of aliphatic hydroxyl groups is 1. The molecule has 0 fully saturated rings. The van der Waals surface area contributed by atoms with Gasteiger partial charge in [-0.1, -0.05) is 28.9 Å². The van der Waals surface area contributed by atoms with E-state index in [4.69, 9.17) is 21.2 Å². The second-order valence-electron chi connectivity index (χ2n) is 4.19. The molecule has 0 bridgehead atoms. The molecule has 0 aliphatic carbocycles. The summed E-state index contributed by atoms with van der Waals surface area (Å²) in [7, 11) is -3.36. The van der Waals surface area contributed by atoms with Crippen molar-refractivity contribution >= 4 is 21.4 Å². The Labute approximate surface area is 121 Å². The fourth-order valence-electron chi connectivity index (χ4n) is 1.60. The van der Waals surface area contributed by atoms with E-state index in [1.165, 1.54) is 0 Å². The predicted octanol–water partition coefficient (Wildman–Crippen LogP) is 1.69. The minimum Gasteiger partial charge on any atom is -0.396 e. The SMILES string of the molecule is O=S(=O)(CCCO)Cc1nc(-c2cccc(Cl)c2)no1. The molecule has 0 aliphatic rings. The highest BCUT2D eigenvalue weighted by molar-refractivity contribution is 7.90. The van der Waals surface area contributed by atoms with Gasteiger partial charge in [0.05, 0.1) is 5.75 Å². The van der Waals surface area contributed by atoms with Crippen molar-refractivity contribution in [2.75, 3.05) is 12.4 Å². The lowest BCUT2D eigenvalue weighted by Gasteiger charge is -1.98. The van der Waals surface area contributed by atoms with Crippen molar-refractivity contribution in [1.82, 2.24) is 10.1 Å². The van der Waals surface area contributed by atoms with E-state index in [1.807, 2.05) is 0 Å². The van der Waals surface area contributed by atoms with Crippen LogP contribution in [0.3, 0.4) is 0 Å². The van der Waals surface area contributed by atoms with Gasteiger partial charge in [0.1, 0.15) is 5.75 Å². The number of aliphatic hydroxyl groups excluding tert-OH is 1. The van der Waals surface area contributed by atoms with Gasteiger partial charge in [-0.05, 0) is 18.6 Å². The maximum absolute atomic E-state index is 11.7. The van der Waals surface area contributed by atoms with Crippen LogP contribution in [0.2, 0.25) is 5.02 Å². The Morgan fingerprint density at radius 3 is 2.85 bits per heavy atom. The highest BCUT2D eigenvalue weighted by Crippen LogP contribution is 2.20. The predicted molar refractivity (Wildman–Crippen MR) is 73.9 cm³/mol. The highest BCUT2D eigenvalue weighted by atomic mass is 35.5. The average Bonchev–Trinajstić information content (AvgIpc) is 2.84. The third-order valence-corrected chi connectivity index (χ3v) is 4.34. The van der Waals surface area contributed by atoms with Crippen molar-refractivity contribution in [1.29, 1.82) is 0 Å². The summed E-state index contributed by atoms with van der Waals surface area (Å²) in [4.78, 5) is 4.04. The molecule has 0 amide bonds. The van der Waals surface area contributed by atoms with Crippen molar-refractivity contribution in [2.45, 2.75) is 12.2 Å². The fourth-order valence-corrected chi connectivity index (χ4v) is 3.00. The smallest absolute Gasteiger partial charge is 0.242 e. The summed E-state index contributed by atoms with van der Waals surface area (Å²) in [5, 5.41) is 12.9. The lowest BCUT2D eigenvalue weighted by molar-refractivity contribution is 0.295. The normalized spacial score (nSPS) is 11.7. The molecule has 0 saturated carbocycles. The van der Waals surface area contributed by atoms with E-state index in [2.05, 4.69) is 10.1 Å². The number of nitrogens with zero attached hydrogens (tertiary/aromatic N) is 2. The molecule has 6 nitrogen and oxygen atoms in total. The monoisotopic (exact) mass is 316 g/mol. The standard InChI is InChI=1S/C12H13ClN2O4S/c13-10-4-1-3-9(7-10)12-14-11(19-15-12)8-20(17,18)6-2-5-16/h1,3-4,7,16H,2,5-6,8H2. The first-order chi connectivity index (χ1) is 9.50. The van der Waals surface area contributed by atoms with Gasteiger partial charge in [-0.2, -0.15) is 4.98 Å². The summed E-state index contributed by atoms with van der Waals surface area (Å²) in [6.45, 7) is -0.170. The second kappa shape index (κ2) is 6.34. The number of hydrogen-bond donors (Lipinski definition) is 1. The Balaban J connectivity index is 2.13. The molecule has 0 saturated heterocycles. The molecule has 0 spiro atoms. The van der Waals surface area contributed by atoms with Gasteiger partial charge < -0.3 is 9.63 Å². The Morgan fingerprint density at radius 2 is 2.15 bits per heavy atom. The molecule has 1 aromatic heterocycles. The summed E-state index contributed by atoms with van der Waals surface area (Å²) in [5.41, 5.74) is 0.653. The Hall–Kier alpha value is -1.44. The van der Waals surface area contributed by atoms with Crippen LogP contribution in [-0.2, 0) is 15.6 Å². The van der Waals surface area contributed by atoms with Gasteiger partial charge in [0.15, 0.2) is 9.84 Å². The van der Waals surface area contributed by atoms with Gasteiger partial charge in [0.2, 0.25) is 11.7 Å². The Kier molecular flexibility index (Phi) is 4.74. The van der Waals surface area contributed by atoms with Gasteiger partial charge in [0, 0.05) is 17.2 Å². The maximum Gasteiger partial charge on any atom is 0.242 e. The van der Waals surface area contributed by atoms with Gasteiger partial charge in [-0.15, -0.1) is 0 Å². The van der Waals surface area contributed by atoms with Gasteiger partial charge in [0.25, 0.3) is 0 Å². The summed E-state index contributed by atoms with van der Waals surface area (Å²) in [5.74, 6) is -0.128. The first-order valence-corrected chi connectivity index (χ1v) is 8.10. The highest BCUT2D eigenvalue weighted by Gasteiger charge is 2.17. The summed E-state index contributed by atoms with van der Waals surface area (Å²) < 4.78 is 28.3. The van der Waals surface area contributed by atoms with Crippen LogP contribution in [0.5, 0.6) is 0 Å². The van der Waals surface area contributed by atoms with Gasteiger partial charge in [-0.25, -0.2) is 8.42 Å². The van der Waals surface area contributed by atoms with Crippen LogP contribution < -0.4 is 0 Å². The van der Waals surface area contributed by atoms with Crippen molar-refractivity contribution in [2.24, 2.45) is 0 Å². The summed E-state index contributed by atoms with van der Waals surface area (Å²) >= 11 is 5.86. The van der Waals surface area contributed by atoms with Crippen molar-refractivity contribution in [3.05, 3.63) is 35.2 Å². The van der Waals surface area contributed by atoms with Crippen LogP contribution in [0.1, 0.15) is 12.3 Å². The van der Waals surface area contributed by atoms with E-state index in [1.54, 1.807) is 24.3 Å². The third-order valence-electron chi connectivity index (χ3n) is 2.51. The zero-order valence-corrected chi connectivity index (χ0v) is 12.1. The zero-order valence-electron chi connectivity index (χ0n) is 10.5. The Morgan fingerprint density at radius 1 is 1.35 bits per heavy atom. The molecule has 1 heterocycles. The van der Waals surface area contributed by atoms with E-state index in [-0.39, 0.29) is 30.4 Å². The first kappa shape index (κ1) is 15.0. The third kappa shape index (κ3) is 4.03. The van der Waals surface area contributed by atoms with Crippen molar-refractivity contribution < 1.29 is 18.0 Å². The molecule has 1 aromatic carbocycles. The van der Waals surface area contributed by atoms with Crippen molar-refractivity contribution in [3.8, 4) is 11.4 Å². The number of rotatable bonds is 6. The molecule has 20 heavy (non-hydrogen) atoms. The van der Waals surface area contributed by atoms with Gasteiger partial charge >= 0.3 is 0 Å². The molecule has 0 unspecified atom stereocenters. The van der Waals surface area contributed by atoms with Crippen molar-refractivity contribution in [3.63, 3.8) is 0 Å². The molecule has 2 aromatic rings. The molecule has 0 radical (unpaired) electrons. The Bertz CT molecular complexity index is 684. The molecular weight excluding hydrogens is 304 g/mol. The molecule has 2 rings (SSSR count). The molecule has 108 valence electrons. The van der Waals surface area contributed by atoms with Crippen LogP contribution in [0, 0.1) is 0 Å². The molecular formula is C12H13ClN2O4S. The van der Waals surface area contributed by atoms with Crippen LogP contribution >= 0.6 is 11.6 Å². The van der Waals surface area contributed by atoms with Crippen LogP contribution in [0.4, 0.5) is 0 Å². The maximum atomic E-state index is 11.7. The number of sulfone groups is 1. The summed E-state index contributed by atoms with van der Waals surface area (Å²) in [6, 6.07) is 6.87. The minimum absolute atomic E-state index is 0.0258. The van der Waals surface area contributed by atoms with Crippen LogP contribution in [0.15, 0.2) is 28.8 Å². The molecule has 0 aliphatic heterocycles. The van der Waals surface area contributed by atoms with E-state index >= 15 is 0 Å².